The van der Waals surface area contributed by atoms with E-state index in [0.29, 0.717) is 30.2 Å². The van der Waals surface area contributed by atoms with Crippen molar-refractivity contribution in [1.29, 1.82) is 0 Å². The molecule has 2 aromatic heterocycles. The highest BCUT2D eigenvalue weighted by Gasteiger charge is 2.43. The Kier molecular flexibility index (Phi) is 9.30. The number of nitrogens with two attached hydrogens (primary N) is 1. The molecule has 14 heteroatoms. The van der Waals surface area contributed by atoms with Crippen LogP contribution in [0.15, 0.2) is 6.33 Å². The number of aliphatic hydroxyl groups is 4. The minimum atomic E-state index is -1.24. The fraction of sp³-hybridized carbons (Fsp3) is 0.700. The number of nitrogens with zero attached hydrogens (tertiary/aromatic N) is 3. The molecule has 4 unspecified atom stereocenters. The van der Waals surface area contributed by atoms with Crippen LogP contribution in [0.2, 0.25) is 0 Å². The molecule has 190 valence electrons. The van der Waals surface area contributed by atoms with E-state index in [1.165, 1.54) is 17.8 Å². The van der Waals surface area contributed by atoms with Gasteiger partial charge < -0.3 is 46.5 Å². The van der Waals surface area contributed by atoms with Crippen molar-refractivity contribution in [3.8, 4) is 0 Å². The zero-order valence-electron chi connectivity index (χ0n) is 18.9. The molecular formula is C20H33N7O6S. The molecule has 0 radical (unpaired) electrons. The minimum Gasteiger partial charge on any atom is -0.394 e. The smallest absolute Gasteiger partial charge is 0.239 e. The van der Waals surface area contributed by atoms with Gasteiger partial charge in [0, 0.05) is 13.1 Å². The molecule has 3 rings (SSSR count). The van der Waals surface area contributed by atoms with Gasteiger partial charge in [0.1, 0.15) is 35.5 Å². The van der Waals surface area contributed by atoms with Gasteiger partial charge in [-0.3, -0.25) is 9.36 Å². The molecule has 34 heavy (non-hydrogen) atoms. The van der Waals surface area contributed by atoms with Crippen molar-refractivity contribution in [2.45, 2.75) is 69.3 Å². The quantitative estimate of drug-likeness (QED) is 0.130. The number of anilines is 1. The number of aromatic nitrogens is 4. The molecule has 13 nitrogen and oxygen atoms in total. The van der Waals surface area contributed by atoms with Crippen molar-refractivity contribution in [2.24, 2.45) is 5.73 Å². The third-order valence-electron chi connectivity index (χ3n) is 5.76. The number of imidazole rings is 1. The molecule has 0 saturated carbocycles. The molecule has 3 heterocycles. The molecule has 0 bridgehead atoms. The van der Waals surface area contributed by atoms with Crippen LogP contribution in [0, 0.1) is 4.64 Å². The lowest BCUT2D eigenvalue weighted by Crippen LogP contribution is -2.47. The number of amides is 1. The highest BCUT2D eigenvalue weighted by Crippen LogP contribution is 2.31. The number of aromatic amines is 1. The summed E-state index contributed by atoms with van der Waals surface area (Å²) in [6.07, 6.45) is -0.255. The Morgan fingerprint density at radius 2 is 2.00 bits per heavy atom. The molecule has 1 amide bonds. The van der Waals surface area contributed by atoms with Gasteiger partial charge >= 0.3 is 0 Å². The monoisotopic (exact) mass is 499 g/mol. The average molecular weight is 500 g/mol. The second-order valence-corrected chi connectivity index (χ2v) is 8.75. The molecular weight excluding hydrogens is 466 g/mol. The number of aliphatic hydroxyl groups excluding tert-OH is 4. The zero-order chi connectivity index (χ0) is 24.8. The third kappa shape index (κ3) is 6.07. The highest BCUT2D eigenvalue weighted by atomic mass is 32.1. The summed E-state index contributed by atoms with van der Waals surface area (Å²) in [6.45, 7) is 2.19. The van der Waals surface area contributed by atoms with Gasteiger partial charge in [-0.25, -0.2) is 9.97 Å². The van der Waals surface area contributed by atoms with Crippen LogP contribution in [0.5, 0.6) is 0 Å². The number of H-pyrrole nitrogens is 1. The van der Waals surface area contributed by atoms with Gasteiger partial charge in [0.25, 0.3) is 0 Å². The molecule has 1 fully saturated rings. The minimum absolute atomic E-state index is 0.271. The maximum absolute atomic E-state index is 11.7. The van der Waals surface area contributed by atoms with Crippen LogP contribution in [-0.4, -0.2) is 96.0 Å². The van der Waals surface area contributed by atoms with Crippen molar-refractivity contribution in [3.05, 3.63) is 11.0 Å². The number of ether oxygens (including phenoxy) is 1. The molecule has 0 spiro atoms. The number of fused-ring (bicyclic) bond motifs is 1. The van der Waals surface area contributed by atoms with Gasteiger partial charge in [-0.2, -0.15) is 0 Å². The molecule has 2 aromatic rings. The number of unbranched alkanes of at least 4 members (excludes halogenated alkanes) is 3. The molecule has 1 aliphatic rings. The summed E-state index contributed by atoms with van der Waals surface area (Å²) in [6, 6.07) is -0.916. The second kappa shape index (κ2) is 12.0. The zero-order valence-corrected chi connectivity index (χ0v) is 19.7. The number of carbonyl (C=O) groups excluding carboxylic acids is 1. The van der Waals surface area contributed by atoms with E-state index in [1.807, 2.05) is 0 Å². The molecule has 6 atom stereocenters. The Hall–Kier alpha value is -2.20. The summed E-state index contributed by atoms with van der Waals surface area (Å²) in [5.74, 6) is 0.0786. The summed E-state index contributed by atoms with van der Waals surface area (Å²) >= 11 is 5.33. The summed E-state index contributed by atoms with van der Waals surface area (Å²) in [7, 11) is 0. The first-order chi connectivity index (χ1) is 16.2. The number of carbonyl (C=O) groups is 1. The van der Waals surface area contributed by atoms with E-state index in [4.69, 9.17) is 22.7 Å². The Morgan fingerprint density at radius 3 is 2.65 bits per heavy atom. The lowest BCUT2D eigenvalue weighted by atomic mass is 10.1. The molecule has 0 aromatic carbocycles. The van der Waals surface area contributed by atoms with Crippen LogP contribution >= 0.6 is 12.2 Å². The Bertz CT molecular complexity index is 1010. The van der Waals surface area contributed by atoms with Crippen molar-refractivity contribution in [2.75, 3.05) is 25.0 Å². The first kappa shape index (κ1) is 26.4. The molecule has 1 saturated heterocycles. The number of nitrogens with one attached hydrogen (secondary N) is 3. The predicted octanol–water partition coefficient (Wildman–Crippen LogP) is -1.10. The number of rotatable bonds is 12. The second-order valence-electron chi connectivity index (χ2n) is 8.37. The normalized spacial score (nSPS) is 24.3. The summed E-state index contributed by atoms with van der Waals surface area (Å²) < 4.78 is 7.38. The van der Waals surface area contributed by atoms with Crippen LogP contribution in [0.4, 0.5) is 5.95 Å². The fourth-order valence-corrected chi connectivity index (χ4v) is 3.92. The van der Waals surface area contributed by atoms with Gasteiger partial charge in [-0.05, 0) is 19.8 Å². The van der Waals surface area contributed by atoms with E-state index >= 15 is 0 Å². The standard InChI is InChI=1S/C20H33N7O6S/c1-10(29)12(21)17(32)22-6-4-2-3-5-7-23-20-25-16-13(18(34)26-20)24-9-27(16)19-15(31)14(30)11(8-28)33-19/h9-12,14-15,19,28-31H,2-8,21H2,1H3,(H,22,32)(H2,23,25,26,34)/t10?,11-,12?,14?,15?,19-/m1/s1. The Labute approximate surface area is 201 Å². The number of hydrogen-bond acceptors (Lipinski definition) is 11. The van der Waals surface area contributed by atoms with E-state index in [-0.39, 0.29) is 10.5 Å². The molecule has 9 N–H and O–H groups in total. The lowest BCUT2D eigenvalue weighted by molar-refractivity contribution is -0.124. The lowest BCUT2D eigenvalue weighted by Gasteiger charge is -2.17. The van der Waals surface area contributed by atoms with Gasteiger partial charge in [0.05, 0.1) is 19.0 Å². The van der Waals surface area contributed by atoms with Crippen LogP contribution in [0.25, 0.3) is 11.2 Å². The predicted molar refractivity (Wildman–Crippen MR) is 125 cm³/mol. The van der Waals surface area contributed by atoms with Crippen molar-refractivity contribution in [3.63, 3.8) is 0 Å². The van der Waals surface area contributed by atoms with Gasteiger partial charge in [0.15, 0.2) is 10.9 Å². The Morgan fingerprint density at radius 1 is 1.29 bits per heavy atom. The Balaban J connectivity index is 1.48. The van der Waals surface area contributed by atoms with E-state index in [9.17, 15) is 25.2 Å². The first-order valence-corrected chi connectivity index (χ1v) is 11.7. The topological polar surface area (TPSA) is 204 Å². The van der Waals surface area contributed by atoms with Crippen LogP contribution < -0.4 is 16.4 Å². The van der Waals surface area contributed by atoms with E-state index in [0.717, 1.165) is 25.7 Å². The van der Waals surface area contributed by atoms with Crippen LogP contribution in [0.3, 0.4) is 0 Å². The maximum Gasteiger partial charge on any atom is 0.239 e. The first-order valence-electron chi connectivity index (χ1n) is 11.3. The maximum atomic E-state index is 11.7. The summed E-state index contributed by atoms with van der Waals surface area (Å²) in [5, 5.41) is 44.9. The van der Waals surface area contributed by atoms with E-state index in [1.54, 1.807) is 0 Å². The van der Waals surface area contributed by atoms with Crippen LogP contribution in [0.1, 0.15) is 38.8 Å². The van der Waals surface area contributed by atoms with E-state index in [2.05, 4.69) is 25.6 Å². The summed E-state index contributed by atoms with van der Waals surface area (Å²) in [5.41, 5.74) is 6.47. The average Bonchev–Trinajstić information content (AvgIpc) is 3.35. The van der Waals surface area contributed by atoms with Gasteiger partial charge in [-0.15, -0.1) is 0 Å². The summed E-state index contributed by atoms with van der Waals surface area (Å²) in [4.78, 5) is 23.3. The van der Waals surface area contributed by atoms with Gasteiger partial charge in [0.2, 0.25) is 11.9 Å². The molecule has 0 aliphatic carbocycles. The SMILES string of the molecule is CC(O)C(N)C(=O)NCCCCCCNc1nc(=S)c2ncn([C@@H]3O[C@H](CO)C(O)C3O)c2[nH]1. The van der Waals surface area contributed by atoms with Crippen molar-refractivity contribution < 1.29 is 30.0 Å². The fourth-order valence-electron chi connectivity index (χ4n) is 3.68. The van der Waals surface area contributed by atoms with Crippen molar-refractivity contribution in [1.82, 2.24) is 24.8 Å². The van der Waals surface area contributed by atoms with Gasteiger partial charge in [-0.1, -0.05) is 25.1 Å². The van der Waals surface area contributed by atoms with Crippen molar-refractivity contribution >= 4 is 35.2 Å². The van der Waals surface area contributed by atoms with Crippen LogP contribution in [-0.2, 0) is 9.53 Å². The molecule has 1 aliphatic heterocycles. The van der Waals surface area contributed by atoms with E-state index < -0.39 is 43.3 Å². The number of hydrogen-bond donors (Lipinski definition) is 8. The third-order valence-corrected chi connectivity index (χ3v) is 6.04. The largest absolute Gasteiger partial charge is 0.394 e. The highest BCUT2D eigenvalue weighted by molar-refractivity contribution is 7.71.